The average Bonchev–Trinajstić information content (AvgIpc) is 3.81. The summed E-state index contributed by atoms with van der Waals surface area (Å²) >= 11 is 0. The van der Waals surface area contributed by atoms with Crippen molar-refractivity contribution in [3.05, 3.63) is 145 Å². The van der Waals surface area contributed by atoms with E-state index in [0.29, 0.717) is 0 Å². The van der Waals surface area contributed by atoms with Crippen molar-refractivity contribution in [1.82, 2.24) is 0 Å². The molecule has 1 heterocycles. The van der Waals surface area contributed by atoms with E-state index in [1.165, 1.54) is 91.4 Å². The standard InChI is InChI=1S/C47H34O/c1-2-8-34-30(7-1)24-40(36-10-4-3-9-35(34)36)31-14-17-39-41-23-28(15-18-45(41)48-46(39)26-31)29-13-16-38-37-11-5-6-12-42(37)47(44(38)25-29)33-20-27-19-32(22-33)43(47)21-27/h1-18,23-27,32-33,43H,19-22H2. The van der Waals surface area contributed by atoms with Crippen LogP contribution in [0.3, 0.4) is 0 Å². The summed E-state index contributed by atoms with van der Waals surface area (Å²) in [6, 6.07) is 50.2. The molecule has 5 aliphatic carbocycles. The van der Waals surface area contributed by atoms with Gasteiger partial charge in [-0.3, -0.25) is 0 Å². The first-order valence-corrected chi connectivity index (χ1v) is 17.9. The molecule has 0 saturated heterocycles. The van der Waals surface area contributed by atoms with Crippen LogP contribution in [0.4, 0.5) is 0 Å². The van der Waals surface area contributed by atoms with Crippen LogP contribution in [0.2, 0.25) is 0 Å². The molecule has 8 aromatic rings. The van der Waals surface area contributed by atoms with E-state index in [9.17, 15) is 0 Å². The summed E-state index contributed by atoms with van der Waals surface area (Å²) in [5, 5.41) is 7.48. The summed E-state index contributed by atoms with van der Waals surface area (Å²) in [7, 11) is 0. The number of hydrogen-bond acceptors (Lipinski definition) is 1. The van der Waals surface area contributed by atoms with E-state index in [1.807, 2.05) is 0 Å². The van der Waals surface area contributed by atoms with Gasteiger partial charge in [-0.05, 0) is 152 Å². The van der Waals surface area contributed by atoms with Crippen LogP contribution in [-0.4, -0.2) is 0 Å². The minimum absolute atomic E-state index is 0.204. The Balaban J connectivity index is 0.997. The van der Waals surface area contributed by atoms with E-state index in [-0.39, 0.29) is 5.41 Å². The fourth-order valence-electron chi connectivity index (χ4n) is 11.6. The van der Waals surface area contributed by atoms with Gasteiger partial charge in [-0.1, -0.05) is 97.1 Å². The highest BCUT2D eigenvalue weighted by atomic mass is 16.3. The predicted octanol–water partition coefficient (Wildman–Crippen LogP) is 12.6. The number of rotatable bonds is 2. The van der Waals surface area contributed by atoms with Crippen LogP contribution in [0, 0.1) is 23.7 Å². The van der Waals surface area contributed by atoms with Crippen molar-refractivity contribution < 1.29 is 4.42 Å². The molecule has 5 aliphatic rings. The quantitative estimate of drug-likeness (QED) is 0.177. The van der Waals surface area contributed by atoms with Gasteiger partial charge in [-0.25, -0.2) is 0 Å². The maximum absolute atomic E-state index is 6.56. The summed E-state index contributed by atoms with van der Waals surface area (Å²) < 4.78 is 6.56. The summed E-state index contributed by atoms with van der Waals surface area (Å²) in [6.45, 7) is 0. The molecule has 48 heavy (non-hydrogen) atoms. The fraction of sp³-hybridized carbons (Fsp3) is 0.191. The van der Waals surface area contributed by atoms with Crippen LogP contribution in [0.25, 0.3) is 76.9 Å². The van der Waals surface area contributed by atoms with Crippen LogP contribution in [0.5, 0.6) is 0 Å². The van der Waals surface area contributed by atoms with Crippen LogP contribution in [0.1, 0.15) is 36.8 Å². The minimum atomic E-state index is 0.204. The highest BCUT2D eigenvalue weighted by Gasteiger charge is 2.65. The molecule has 4 bridgehead atoms. The Kier molecular flexibility index (Phi) is 4.88. The highest BCUT2D eigenvalue weighted by molar-refractivity contribution is 6.15. The molecule has 5 unspecified atom stereocenters. The number of benzene rings is 7. The maximum atomic E-state index is 6.56. The van der Waals surface area contributed by atoms with Gasteiger partial charge >= 0.3 is 0 Å². The molecule has 0 radical (unpaired) electrons. The Labute approximate surface area is 279 Å². The van der Waals surface area contributed by atoms with Crippen LogP contribution < -0.4 is 0 Å². The van der Waals surface area contributed by atoms with Gasteiger partial charge < -0.3 is 4.42 Å². The van der Waals surface area contributed by atoms with Gasteiger partial charge in [0.15, 0.2) is 0 Å². The highest BCUT2D eigenvalue weighted by Crippen LogP contribution is 2.73. The van der Waals surface area contributed by atoms with Gasteiger partial charge in [0, 0.05) is 16.2 Å². The van der Waals surface area contributed by atoms with Crippen molar-refractivity contribution in [2.75, 3.05) is 0 Å². The lowest BCUT2D eigenvalue weighted by atomic mass is 9.59. The van der Waals surface area contributed by atoms with Crippen molar-refractivity contribution in [2.24, 2.45) is 23.7 Å². The van der Waals surface area contributed by atoms with Crippen molar-refractivity contribution in [2.45, 2.75) is 31.1 Å². The Morgan fingerprint density at radius 2 is 1.23 bits per heavy atom. The lowest BCUT2D eigenvalue weighted by Crippen LogP contribution is -2.40. The molecule has 4 saturated carbocycles. The summed E-state index contributed by atoms with van der Waals surface area (Å²) in [5.74, 6) is 3.45. The molecular weight excluding hydrogens is 581 g/mol. The van der Waals surface area contributed by atoms with Gasteiger partial charge in [0.2, 0.25) is 0 Å². The van der Waals surface area contributed by atoms with E-state index < -0.39 is 0 Å². The molecule has 5 atom stereocenters. The average molecular weight is 615 g/mol. The Bertz CT molecular complexity index is 2670. The third-order valence-corrected chi connectivity index (χ3v) is 13.2. The normalized spacial score (nSPS) is 24.8. The van der Waals surface area contributed by atoms with Gasteiger partial charge in [0.05, 0.1) is 0 Å². The molecule has 7 aromatic carbocycles. The molecule has 228 valence electrons. The Morgan fingerprint density at radius 3 is 2.17 bits per heavy atom. The zero-order valence-corrected chi connectivity index (χ0v) is 26.7. The third-order valence-electron chi connectivity index (χ3n) is 13.2. The lowest BCUT2D eigenvalue weighted by molar-refractivity contribution is 0.191. The number of fused-ring (bicyclic) bond motifs is 9. The second kappa shape index (κ2) is 9.05. The zero-order valence-electron chi connectivity index (χ0n) is 26.7. The topological polar surface area (TPSA) is 13.1 Å². The molecule has 1 aromatic heterocycles. The van der Waals surface area contributed by atoms with E-state index in [4.69, 9.17) is 4.42 Å². The maximum Gasteiger partial charge on any atom is 0.136 e. The molecule has 0 aliphatic heterocycles. The SMILES string of the molecule is c1ccc2c(c1)-c1ccc(-c3ccc4oc5cc(-c6cc7ccccc7c7ccccc67)ccc5c4c3)cc1C21C2CC3CC(C2)C1C3. The van der Waals surface area contributed by atoms with Gasteiger partial charge in [0.25, 0.3) is 0 Å². The molecule has 13 rings (SSSR count). The first-order valence-electron chi connectivity index (χ1n) is 17.9. The molecule has 1 nitrogen and oxygen atoms in total. The van der Waals surface area contributed by atoms with Gasteiger partial charge in [-0.2, -0.15) is 0 Å². The van der Waals surface area contributed by atoms with Crippen molar-refractivity contribution in [1.29, 1.82) is 0 Å². The monoisotopic (exact) mass is 614 g/mol. The second-order valence-corrected chi connectivity index (χ2v) is 15.3. The van der Waals surface area contributed by atoms with Crippen LogP contribution in [0.15, 0.2) is 138 Å². The molecule has 1 heteroatoms. The molecule has 4 fully saturated rings. The smallest absolute Gasteiger partial charge is 0.136 e. The van der Waals surface area contributed by atoms with Crippen molar-refractivity contribution in [3.63, 3.8) is 0 Å². The summed E-state index contributed by atoms with van der Waals surface area (Å²) in [5.41, 5.74) is 13.3. The summed E-state index contributed by atoms with van der Waals surface area (Å²) in [6.07, 6.45) is 5.71. The summed E-state index contributed by atoms with van der Waals surface area (Å²) in [4.78, 5) is 0. The second-order valence-electron chi connectivity index (χ2n) is 15.3. The number of furan rings is 1. The predicted molar refractivity (Wildman–Crippen MR) is 198 cm³/mol. The van der Waals surface area contributed by atoms with Crippen LogP contribution >= 0.6 is 0 Å². The Morgan fingerprint density at radius 1 is 0.458 bits per heavy atom. The van der Waals surface area contributed by atoms with E-state index in [1.54, 1.807) is 11.1 Å². The largest absolute Gasteiger partial charge is 0.456 e. The first kappa shape index (κ1) is 25.9. The molecular formula is C47H34O. The third kappa shape index (κ3) is 3.18. The van der Waals surface area contributed by atoms with Gasteiger partial charge in [0.1, 0.15) is 11.2 Å². The fourth-order valence-corrected chi connectivity index (χ4v) is 11.6. The van der Waals surface area contributed by atoms with E-state index >= 15 is 0 Å². The zero-order chi connectivity index (χ0) is 31.1. The molecule has 0 amide bonds. The number of hydrogen-bond donors (Lipinski definition) is 0. The minimum Gasteiger partial charge on any atom is -0.456 e. The van der Waals surface area contributed by atoms with Crippen LogP contribution in [-0.2, 0) is 5.41 Å². The molecule has 0 N–H and O–H groups in total. The van der Waals surface area contributed by atoms with Gasteiger partial charge in [-0.15, -0.1) is 0 Å². The lowest BCUT2D eigenvalue weighted by Gasteiger charge is -2.44. The van der Waals surface area contributed by atoms with Crippen molar-refractivity contribution in [3.8, 4) is 33.4 Å². The first-order chi connectivity index (χ1) is 23.7. The van der Waals surface area contributed by atoms with E-state index in [2.05, 4.69) is 133 Å². The van der Waals surface area contributed by atoms with Crippen molar-refractivity contribution >= 4 is 43.5 Å². The molecule has 1 spiro atoms. The Hall–Kier alpha value is -5.14. The van der Waals surface area contributed by atoms with E-state index in [0.717, 1.165) is 34.8 Å².